The molecule has 1 spiro atoms. The lowest BCUT2D eigenvalue weighted by Gasteiger charge is -2.32. The van der Waals surface area contributed by atoms with Crippen molar-refractivity contribution in [1.29, 1.82) is 0 Å². The zero-order valence-corrected chi connectivity index (χ0v) is 33.2. The van der Waals surface area contributed by atoms with E-state index >= 15 is 0 Å². The van der Waals surface area contributed by atoms with Crippen LogP contribution >= 0.6 is 0 Å². The van der Waals surface area contributed by atoms with Crippen LogP contribution in [-0.2, 0) is 23.7 Å². The number of rotatable bonds is 7. The van der Waals surface area contributed by atoms with Crippen LogP contribution in [0.4, 0.5) is 34.1 Å². The molecular formula is C56H46N2. The molecule has 0 saturated heterocycles. The van der Waals surface area contributed by atoms with Crippen LogP contribution in [0.3, 0.4) is 0 Å². The van der Waals surface area contributed by atoms with E-state index in [2.05, 4.69) is 218 Å². The summed E-state index contributed by atoms with van der Waals surface area (Å²) < 4.78 is 0. The van der Waals surface area contributed by atoms with Crippen molar-refractivity contribution in [3.63, 3.8) is 0 Å². The summed E-state index contributed by atoms with van der Waals surface area (Å²) in [6, 6.07) is 72.2. The van der Waals surface area contributed by atoms with Crippen LogP contribution in [0.25, 0.3) is 22.3 Å². The monoisotopic (exact) mass is 746 g/mol. The van der Waals surface area contributed by atoms with Crippen molar-refractivity contribution in [2.45, 2.75) is 50.4 Å². The Hall–Kier alpha value is -6.64. The van der Waals surface area contributed by atoms with Crippen molar-refractivity contribution in [3.05, 3.63) is 228 Å². The van der Waals surface area contributed by atoms with Crippen LogP contribution < -0.4 is 9.80 Å². The zero-order chi connectivity index (χ0) is 38.8. The molecule has 8 aromatic carbocycles. The Morgan fingerprint density at radius 2 is 0.845 bits per heavy atom. The predicted molar refractivity (Wildman–Crippen MR) is 243 cm³/mol. The van der Waals surface area contributed by atoms with Gasteiger partial charge in [0.25, 0.3) is 0 Å². The summed E-state index contributed by atoms with van der Waals surface area (Å²) in [5.74, 6) is 0. The van der Waals surface area contributed by atoms with Gasteiger partial charge in [-0.15, -0.1) is 0 Å². The maximum Gasteiger partial charge on any atom is 0.0540 e. The van der Waals surface area contributed by atoms with Crippen molar-refractivity contribution in [3.8, 4) is 22.3 Å². The van der Waals surface area contributed by atoms with Gasteiger partial charge in [0.2, 0.25) is 0 Å². The fourth-order valence-electron chi connectivity index (χ4n) is 10.6. The lowest BCUT2D eigenvalue weighted by Crippen LogP contribution is -2.22. The van der Waals surface area contributed by atoms with E-state index < -0.39 is 0 Å². The largest absolute Gasteiger partial charge is 0.310 e. The van der Waals surface area contributed by atoms with Crippen molar-refractivity contribution < 1.29 is 0 Å². The Bertz CT molecular complexity index is 2820. The average Bonchev–Trinajstić information content (AvgIpc) is 3.91. The third kappa shape index (κ3) is 5.39. The van der Waals surface area contributed by atoms with Crippen LogP contribution in [0, 0.1) is 0 Å². The van der Waals surface area contributed by atoms with Gasteiger partial charge in [0.1, 0.15) is 0 Å². The van der Waals surface area contributed by atoms with Gasteiger partial charge in [-0.05, 0) is 142 Å². The van der Waals surface area contributed by atoms with Gasteiger partial charge in [-0.3, -0.25) is 0 Å². The molecule has 0 radical (unpaired) electrons. The maximum atomic E-state index is 2.54. The topological polar surface area (TPSA) is 6.48 Å². The third-order valence-corrected chi connectivity index (χ3v) is 13.5. The van der Waals surface area contributed by atoms with E-state index in [0.717, 1.165) is 31.4 Å². The minimum absolute atomic E-state index is 0.0313. The lowest BCUT2D eigenvalue weighted by atomic mass is 9.76. The third-order valence-electron chi connectivity index (χ3n) is 13.5. The van der Waals surface area contributed by atoms with Crippen LogP contribution in [0.2, 0.25) is 0 Å². The van der Waals surface area contributed by atoms with Crippen molar-refractivity contribution in [2.75, 3.05) is 9.80 Å². The highest BCUT2D eigenvalue weighted by molar-refractivity contribution is 5.89. The standard InChI is InChI=1S/C56H46N2/c1-55(2)50-24-14-12-23-48(50)49-36-44(30-31-51(49)55)57(42-18-8-4-9-19-42)45-28-26-40-32-34-56(52(40)37-45)35-33-41-27-29-46(38-53(41)56)58(43-20-10-5-11-21-43)54-25-15-13-22-47(54)39-16-6-3-7-17-39/h3-31,36-38H,32-35H2,1-2H3/t56-/m1/s1. The van der Waals surface area contributed by atoms with Gasteiger partial charge in [0, 0.05) is 44.8 Å². The first-order valence-electron chi connectivity index (χ1n) is 20.9. The smallest absolute Gasteiger partial charge is 0.0540 e. The number of fused-ring (bicyclic) bond motifs is 7. The highest BCUT2D eigenvalue weighted by Crippen LogP contribution is 2.56. The Morgan fingerprint density at radius 1 is 0.362 bits per heavy atom. The maximum absolute atomic E-state index is 2.54. The molecule has 0 unspecified atom stereocenters. The first kappa shape index (κ1) is 34.6. The van der Waals surface area contributed by atoms with Crippen LogP contribution in [0.1, 0.15) is 60.1 Å². The molecule has 0 fully saturated rings. The highest BCUT2D eigenvalue weighted by Gasteiger charge is 2.45. The van der Waals surface area contributed by atoms with Crippen LogP contribution in [0.5, 0.6) is 0 Å². The van der Waals surface area contributed by atoms with E-state index in [4.69, 9.17) is 0 Å². The zero-order valence-electron chi connectivity index (χ0n) is 33.2. The van der Waals surface area contributed by atoms with Crippen LogP contribution in [-0.4, -0.2) is 0 Å². The van der Waals surface area contributed by atoms with Gasteiger partial charge in [-0.1, -0.05) is 141 Å². The molecule has 0 aliphatic heterocycles. The molecule has 1 atom stereocenters. The Morgan fingerprint density at radius 3 is 1.50 bits per heavy atom. The molecule has 2 heteroatoms. The molecule has 0 heterocycles. The number of nitrogens with zero attached hydrogens (tertiary/aromatic N) is 2. The van der Waals surface area contributed by atoms with E-state index in [-0.39, 0.29) is 10.8 Å². The van der Waals surface area contributed by atoms with Gasteiger partial charge in [0.15, 0.2) is 0 Å². The van der Waals surface area contributed by atoms with E-state index in [1.807, 2.05) is 0 Å². The average molecular weight is 747 g/mol. The Balaban J connectivity index is 1.04. The van der Waals surface area contributed by atoms with Crippen molar-refractivity contribution >= 4 is 34.1 Å². The molecule has 2 nitrogen and oxygen atoms in total. The molecule has 3 aliphatic carbocycles. The van der Waals surface area contributed by atoms with Gasteiger partial charge < -0.3 is 9.80 Å². The van der Waals surface area contributed by atoms with Gasteiger partial charge in [-0.25, -0.2) is 0 Å². The molecular weight excluding hydrogens is 701 g/mol. The van der Waals surface area contributed by atoms with E-state index in [0.29, 0.717) is 0 Å². The normalized spacial score (nSPS) is 16.7. The summed E-state index contributed by atoms with van der Waals surface area (Å²) in [5, 5.41) is 0. The number of para-hydroxylation sites is 3. The van der Waals surface area contributed by atoms with Gasteiger partial charge in [0.05, 0.1) is 5.69 Å². The van der Waals surface area contributed by atoms with Gasteiger partial charge >= 0.3 is 0 Å². The minimum Gasteiger partial charge on any atom is -0.310 e. The number of hydrogen-bond donors (Lipinski definition) is 0. The number of benzene rings is 8. The second-order valence-electron chi connectivity index (χ2n) is 16.9. The summed E-state index contributed by atoms with van der Waals surface area (Å²) in [6.45, 7) is 4.72. The molecule has 0 bridgehead atoms. The molecule has 11 rings (SSSR count). The van der Waals surface area contributed by atoms with Crippen molar-refractivity contribution in [1.82, 2.24) is 0 Å². The second kappa shape index (κ2) is 13.5. The Labute approximate surface area is 342 Å². The molecule has 8 aromatic rings. The summed E-state index contributed by atoms with van der Waals surface area (Å²) in [7, 11) is 0. The molecule has 0 N–H and O–H groups in total. The first-order chi connectivity index (χ1) is 28.5. The predicted octanol–water partition coefficient (Wildman–Crippen LogP) is 14.8. The summed E-state index contributed by atoms with van der Waals surface area (Å²) in [5.41, 5.74) is 20.9. The summed E-state index contributed by atoms with van der Waals surface area (Å²) in [6.07, 6.45) is 4.44. The first-order valence-corrected chi connectivity index (χ1v) is 20.9. The molecule has 0 saturated carbocycles. The number of aryl methyl sites for hydroxylation is 2. The number of hydrogen-bond acceptors (Lipinski definition) is 2. The second-order valence-corrected chi connectivity index (χ2v) is 16.9. The fourth-order valence-corrected chi connectivity index (χ4v) is 10.6. The quantitative estimate of drug-likeness (QED) is 0.160. The number of anilines is 6. The van der Waals surface area contributed by atoms with Gasteiger partial charge in [-0.2, -0.15) is 0 Å². The molecule has 280 valence electrons. The molecule has 0 amide bonds. The highest BCUT2D eigenvalue weighted by atomic mass is 15.1. The Kier molecular flexibility index (Phi) is 8.05. The molecule has 58 heavy (non-hydrogen) atoms. The summed E-state index contributed by atoms with van der Waals surface area (Å²) in [4.78, 5) is 4.94. The van der Waals surface area contributed by atoms with Crippen LogP contribution in [0.15, 0.2) is 194 Å². The molecule has 3 aliphatic rings. The van der Waals surface area contributed by atoms with Crippen molar-refractivity contribution in [2.24, 2.45) is 0 Å². The minimum atomic E-state index is -0.0404. The van der Waals surface area contributed by atoms with E-state index in [9.17, 15) is 0 Å². The van der Waals surface area contributed by atoms with E-state index in [1.165, 1.54) is 84.1 Å². The summed E-state index contributed by atoms with van der Waals surface area (Å²) >= 11 is 0. The van der Waals surface area contributed by atoms with E-state index in [1.54, 1.807) is 0 Å². The fraction of sp³-hybridized carbons (Fsp3) is 0.143. The SMILES string of the molecule is CC1(C)c2ccccc2-c2cc(N(c3ccccc3)c3ccc4c(c3)[C@@]3(CC4)CCc4ccc(N(c5ccccc5)c5ccccc5-c5ccccc5)cc43)ccc21. The lowest BCUT2D eigenvalue weighted by molar-refractivity contribution is 0.507. The molecule has 0 aromatic heterocycles.